The molecule has 8 bridgehead atoms. The molecule has 12 fully saturated rings. The van der Waals surface area contributed by atoms with Crippen LogP contribution in [0.3, 0.4) is 0 Å². The van der Waals surface area contributed by atoms with Crippen LogP contribution in [-0.2, 0) is 62.8 Å². The van der Waals surface area contributed by atoms with Gasteiger partial charge in [-0.25, -0.2) is 0 Å². The molecule has 69 heavy (non-hydrogen) atoms. The predicted octanol–water partition coefficient (Wildman–Crippen LogP) is 11.3. The minimum Gasteiger partial charge on any atom is -0.870 e. The minimum absolute atomic E-state index is 0. The zero-order valence-electron chi connectivity index (χ0n) is 40.9. The van der Waals surface area contributed by atoms with E-state index in [-0.39, 0.29) is 122 Å². The van der Waals surface area contributed by atoms with Gasteiger partial charge in [0.05, 0.1) is 68.0 Å². The fourth-order valence-corrected chi connectivity index (χ4v) is 13.5. The summed E-state index contributed by atoms with van der Waals surface area (Å²) in [5.74, 6) is -1.02. The number of esters is 5. The molecule has 12 saturated carbocycles. The van der Waals surface area contributed by atoms with Crippen LogP contribution in [0.4, 0.5) is 0 Å². The Morgan fingerprint density at radius 1 is 0.435 bits per heavy atom. The second-order valence-electron chi connectivity index (χ2n) is 20.4. The third-order valence-corrected chi connectivity index (χ3v) is 19.0. The summed E-state index contributed by atoms with van der Waals surface area (Å²) in [5, 5.41) is 9.18. The van der Waals surface area contributed by atoms with Crippen LogP contribution in [0.1, 0.15) is 160 Å². The van der Waals surface area contributed by atoms with Crippen molar-refractivity contribution in [3.8, 4) is 0 Å². The molecule has 0 aliphatic heterocycles. The van der Waals surface area contributed by atoms with Crippen LogP contribution in [0, 0.1) is 32.5 Å². The summed E-state index contributed by atoms with van der Waals surface area (Å²) < 4.78 is 24.8. The van der Waals surface area contributed by atoms with Gasteiger partial charge >= 0.3 is 150 Å². The molecule has 12 aliphatic carbocycles. The fraction of sp³-hybridized carbons (Fsp3) is 0.755. The van der Waals surface area contributed by atoms with Crippen molar-refractivity contribution in [1.82, 2.24) is 0 Å². The number of fused-ring (bicyclic) bond motifs is 12. The van der Waals surface area contributed by atoms with E-state index >= 15 is 0 Å². The van der Waals surface area contributed by atoms with Crippen LogP contribution in [0.25, 0.3) is 0 Å². The average molecular weight is 1530 g/mol. The maximum atomic E-state index is 12.0. The summed E-state index contributed by atoms with van der Waals surface area (Å²) in [6.45, 7) is 0. The Morgan fingerprint density at radius 3 is 0.855 bits per heavy atom. The Hall–Kier alpha value is 0.786. The van der Waals surface area contributed by atoms with Gasteiger partial charge in [0, 0.05) is 4.32 Å². The van der Waals surface area contributed by atoms with Gasteiger partial charge in [0.1, 0.15) is 0 Å². The molecule has 1 aromatic carbocycles. The number of hydrogen-bond donors (Lipinski definition) is 1. The Bertz CT molecular complexity index is 1790. The number of hydrogen-bond acceptors (Lipinski definition) is 13. The molecule has 3 N–H and O–H groups in total. The Balaban J connectivity index is 0.000000305. The number of rotatable bonds is 7. The maximum Gasteiger partial charge on any atom is -0.870 e. The molecule has 0 unspecified atom stereocenters. The zero-order chi connectivity index (χ0) is 48.7. The number of aliphatic carboxylic acids is 1. The number of methoxy groups -OCH3 is 5. The van der Waals surface area contributed by atoms with Gasteiger partial charge in [-0.05, 0) is 165 Å². The van der Waals surface area contributed by atoms with Crippen LogP contribution in [0.15, 0.2) is 30.3 Å². The van der Waals surface area contributed by atoms with E-state index in [0.717, 1.165) is 116 Å². The fourth-order valence-electron chi connectivity index (χ4n) is 12.9. The second-order valence-corrected chi connectivity index (χ2v) is 57.5. The van der Waals surface area contributed by atoms with Crippen molar-refractivity contribution in [2.45, 2.75) is 164 Å². The van der Waals surface area contributed by atoms with Crippen molar-refractivity contribution in [2.24, 2.45) is 32.5 Å². The van der Waals surface area contributed by atoms with Crippen molar-refractivity contribution in [2.75, 3.05) is 35.5 Å². The molecular weight excluding hydrogens is 1460 g/mol. The molecule has 14 nitrogen and oxygen atoms in total. The number of carbonyl (C=O) groups excluding carboxylic acids is 5. The van der Waals surface area contributed by atoms with Gasteiger partial charge in [0.15, 0.2) is 0 Å². The first kappa shape index (κ1) is 65.9. The number of carboxylic acids is 1. The smallest absolute Gasteiger partial charge is 0.870 e. The molecule has 0 spiro atoms. The largest absolute Gasteiger partial charge is 0.870 e. The predicted molar refractivity (Wildman–Crippen MR) is 285 cm³/mol. The zero-order valence-corrected chi connectivity index (χ0v) is 54.8. The van der Waals surface area contributed by atoms with Crippen molar-refractivity contribution >= 4 is 161 Å². The van der Waals surface area contributed by atoms with E-state index in [1.54, 1.807) is 0 Å². The van der Waals surface area contributed by atoms with Gasteiger partial charge in [-0.1, -0.05) is 46.3 Å². The number of halogens is 4. The molecule has 386 valence electrons. The minimum atomic E-state index is -0.694. The first-order valence-electron chi connectivity index (χ1n) is 23.4. The first-order valence-corrected chi connectivity index (χ1v) is 37.7. The number of benzene rings is 1. The quantitative estimate of drug-likeness (QED) is 0.0880. The Labute approximate surface area is 495 Å². The number of carbonyl (C=O) groups is 6. The van der Waals surface area contributed by atoms with E-state index in [1.165, 1.54) is 41.1 Å². The molecule has 0 amide bonds. The molecule has 20 heteroatoms. The molecule has 13 rings (SSSR count). The monoisotopic (exact) mass is 1530 g/mol. The summed E-state index contributed by atoms with van der Waals surface area (Å²) in [4.78, 5) is 69.6. The van der Waals surface area contributed by atoms with Gasteiger partial charge in [-0.15, -0.1) is 0 Å². The molecule has 0 heterocycles. The molecular formula is C49H71BaBrI3O14V. The maximum absolute atomic E-state index is 12.0. The molecule has 0 atom stereocenters. The van der Waals surface area contributed by atoms with E-state index in [2.05, 4.69) is 106 Å². The SMILES string of the molecule is COC(=O)C12CCC(Br)(CC1)CC2.COC(=O)C12CCC(C(=O)O)(CC1)CC2.COC(=O)C12CCC(C(=O)OC)(CC1)CC2.COC(=O)C12CCC(c3ccccc3)(CC1)CC2.[Ba+2].[I][V]([I])[I].[OH-].[OH-]. The molecule has 12 aliphatic rings. The van der Waals surface area contributed by atoms with Crippen molar-refractivity contribution < 1.29 is 73.4 Å². The molecule has 0 aromatic heterocycles. The number of ether oxygens (including phenoxy) is 5. The van der Waals surface area contributed by atoms with Crippen molar-refractivity contribution in [3.05, 3.63) is 35.9 Å². The van der Waals surface area contributed by atoms with Gasteiger partial charge in [-0.2, -0.15) is 0 Å². The third-order valence-electron chi connectivity index (χ3n) is 17.8. The normalized spacial score (nSPS) is 34.6. The summed E-state index contributed by atoms with van der Waals surface area (Å²) in [7, 11) is 7.30. The topological polar surface area (TPSA) is 229 Å². The van der Waals surface area contributed by atoms with Crippen LogP contribution in [-0.4, -0.2) is 141 Å². The van der Waals surface area contributed by atoms with E-state index in [0.29, 0.717) is 48.3 Å². The molecule has 1 aromatic rings. The summed E-state index contributed by atoms with van der Waals surface area (Å²) >= 11 is 11.2. The van der Waals surface area contributed by atoms with E-state index in [1.807, 2.05) is 0 Å². The van der Waals surface area contributed by atoms with Crippen LogP contribution < -0.4 is 0 Å². The number of carboxylic acid groups (broad SMARTS) is 1. The van der Waals surface area contributed by atoms with Crippen LogP contribution in [0.5, 0.6) is 0 Å². The van der Waals surface area contributed by atoms with Crippen LogP contribution >= 0.6 is 75.9 Å². The average Bonchev–Trinajstić information content (AvgIpc) is 3.37. The standard InChI is InChI=1S/C16H20O2.C12H18O4.C11H16O4.C10H15BrO2.Ba.3HI.2H2O.V/c1-18-14(17)16-10-7-15(8-11-16,9-12-16)13-5-3-2-4-6-13;1-15-9(13)11-3-6-12(7-4-11,8-5-11)10(14)16-2;1-15-9(14)11-5-2-10(3-6-11,4-7-11)8(12)13;1-13-8(12)9-2-5-10(11,6-3-9)7-4-9;;;;;;;/h2-6H,7-12H2,1H3;3-8H2,1-2H3;2-7H2,1H3,(H,12,13);2-7H2,1H3;;3*1H;2*1H2;/q;;;;+2;;;;;;+3/p-5. The van der Waals surface area contributed by atoms with E-state index in [4.69, 9.17) is 23.7 Å². The second kappa shape index (κ2) is 27.7. The Morgan fingerprint density at radius 2 is 0.638 bits per heavy atom. The van der Waals surface area contributed by atoms with Crippen LogP contribution in [0.2, 0.25) is 0 Å². The van der Waals surface area contributed by atoms with Gasteiger partial charge < -0.3 is 39.7 Å². The van der Waals surface area contributed by atoms with E-state index < -0.39 is 11.4 Å². The van der Waals surface area contributed by atoms with Gasteiger partial charge in [0.25, 0.3) is 0 Å². The van der Waals surface area contributed by atoms with Crippen molar-refractivity contribution in [3.63, 3.8) is 0 Å². The van der Waals surface area contributed by atoms with Gasteiger partial charge in [0.2, 0.25) is 0 Å². The molecule has 0 saturated heterocycles. The number of alkyl halides is 1. The first-order chi connectivity index (χ1) is 31.2. The van der Waals surface area contributed by atoms with E-state index in [9.17, 15) is 33.9 Å². The summed E-state index contributed by atoms with van der Waals surface area (Å²) in [6, 6.07) is 10.8. The third kappa shape index (κ3) is 14.6. The molecule has 0 radical (unpaired) electrons. The summed E-state index contributed by atoms with van der Waals surface area (Å²) in [6.07, 6.45) is 21.2. The Kier molecular flexibility index (Phi) is 26.5. The van der Waals surface area contributed by atoms with Crippen molar-refractivity contribution in [1.29, 1.82) is 0 Å². The summed E-state index contributed by atoms with van der Waals surface area (Å²) in [5.41, 5.74) is -0.0354. The van der Waals surface area contributed by atoms with Gasteiger partial charge in [-0.3, -0.25) is 28.8 Å².